The fourth-order valence-corrected chi connectivity index (χ4v) is 3.67. The summed E-state index contributed by atoms with van der Waals surface area (Å²) >= 11 is 5.47. The standard InChI is InChI=1S/C17H20BBrS/c1-13(2)16-10-12-20-17(16)18(11-9-14(3)19)15-7-5-4-6-8-15/h4-14H,1-3H3. The maximum Gasteiger partial charge on any atom is 0.246 e. The van der Waals surface area contributed by atoms with Crippen LogP contribution in [0.2, 0.25) is 0 Å². The molecule has 0 aliphatic rings. The van der Waals surface area contributed by atoms with Gasteiger partial charge in [-0.05, 0) is 34.6 Å². The van der Waals surface area contributed by atoms with Gasteiger partial charge in [0, 0.05) is 4.83 Å². The highest BCUT2D eigenvalue weighted by Crippen LogP contribution is 2.17. The van der Waals surface area contributed by atoms with Gasteiger partial charge in [0.1, 0.15) is 0 Å². The number of rotatable bonds is 5. The third-order valence-corrected chi connectivity index (χ3v) is 4.68. The van der Waals surface area contributed by atoms with Gasteiger partial charge in [-0.1, -0.05) is 71.6 Å². The molecule has 1 atom stereocenters. The second kappa shape index (κ2) is 7.28. The Hall–Kier alpha value is -0.795. The van der Waals surface area contributed by atoms with Crippen molar-refractivity contribution in [1.82, 2.24) is 0 Å². The van der Waals surface area contributed by atoms with E-state index in [1.54, 1.807) is 0 Å². The minimum absolute atomic E-state index is 0.355. The molecule has 0 spiro atoms. The molecule has 0 aliphatic heterocycles. The third-order valence-electron chi connectivity index (χ3n) is 3.36. The van der Waals surface area contributed by atoms with Crippen LogP contribution < -0.4 is 10.2 Å². The Morgan fingerprint density at radius 1 is 1.10 bits per heavy atom. The predicted octanol–water partition coefficient (Wildman–Crippen LogP) is 4.36. The van der Waals surface area contributed by atoms with Crippen molar-refractivity contribution in [2.75, 3.05) is 0 Å². The van der Waals surface area contributed by atoms with Gasteiger partial charge in [0.2, 0.25) is 6.71 Å². The largest absolute Gasteiger partial charge is 0.246 e. The van der Waals surface area contributed by atoms with Crippen LogP contribution in [0.25, 0.3) is 0 Å². The normalized spacial score (nSPS) is 13.1. The zero-order chi connectivity index (χ0) is 14.5. The van der Waals surface area contributed by atoms with E-state index in [2.05, 4.69) is 90.5 Å². The van der Waals surface area contributed by atoms with Gasteiger partial charge in [0.05, 0.1) is 0 Å². The Morgan fingerprint density at radius 2 is 1.80 bits per heavy atom. The van der Waals surface area contributed by atoms with Crippen molar-refractivity contribution >= 4 is 44.2 Å². The summed E-state index contributed by atoms with van der Waals surface area (Å²) in [5, 5.41) is 2.21. The first-order chi connectivity index (χ1) is 9.59. The van der Waals surface area contributed by atoms with E-state index in [0.717, 1.165) is 0 Å². The van der Waals surface area contributed by atoms with Crippen molar-refractivity contribution in [3.05, 3.63) is 59.4 Å². The van der Waals surface area contributed by atoms with Crippen molar-refractivity contribution in [2.24, 2.45) is 0 Å². The van der Waals surface area contributed by atoms with E-state index in [-0.39, 0.29) is 0 Å². The summed E-state index contributed by atoms with van der Waals surface area (Å²) in [7, 11) is 0. The lowest BCUT2D eigenvalue weighted by Crippen LogP contribution is -2.41. The minimum Gasteiger partial charge on any atom is -0.158 e. The molecule has 0 fully saturated rings. The number of halogens is 1. The number of allylic oxidation sites excluding steroid dienone is 1. The summed E-state index contributed by atoms with van der Waals surface area (Å²) in [5.41, 5.74) is 2.83. The smallest absolute Gasteiger partial charge is 0.158 e. The van der Waals surface area contributed by atoms with Crippen LogP contribution in [0, 0.1) is 0 Å². The summed E-state index contributed by atoms with van der Waals surface area (Å²) in [6.45, 7) is 7.04. The molecule has 2 rings (SSSR count). The predicted molar refractivity (Wildman–Crippen MR) is 97.4 cm³/mol. The number of alkyl halides is 1. The molecule has 0 amide bonds. The van der Waals surface area contributed by atoms with Crippen LogP contribution in [0.1, 0.15) is 32.3 Å². The lowest BCUT2D eigenvalue weighted by molar-refractivity contribution is 0.877. The molecule has 1 aromatic heterocycles. The molecule has 1 aromatic carbocycles. The van der Waals surface area contributed by atoms with Gasteiger partial charge in [0.25, 0.3) is 0 Å². The Labute approximate surface area is 135 Å². The van der Waals surface area contributed by atoms with E-state index in [9.17, 15) is 0 Å². The zero-order valence-corrected chi connectivity index (χ0v) is 14.6. The molecule has 0 saturated carbocycles. The van der Waals surface area contributed by atoms with E-state index >= 15 is 0 Å². The summed E-state index contributed by atoms with van der Waals surface area (Å²) in [6, 6.07) is 13.0. The lowest BCUT2D eigenvalue weighted by atomic mass is 9.43. The second-order valence-corrected chi connectivity index (χ2v) is 7.74. The van der Waals surface area contributed by atoms with Gasteiger partial charge in [-0.3, -0.25) is 0 Å². The Morgan fingerprint density at radius 3 is 2.40 bits per heavy atom. The Bertz CT molecular complexity index is 557. The van der Waals surface area contributed by atoms with Crippen molar-refractivity contribution in [2.45, 2.75) is 31.5 Å². The molecular formula is C17H20BBrS. The van der Waals surface area contributed by atoms with Crippen LogP contribution in [0.4, 0.5) is 0 Å². The fraction of sp³-hybridized carbons (Fsp3) is 0.294. The van der Waals surface area contributed by atoms with Gasteiger partial charge < -0.3 is 0 Å². The molecule has 1 unspecified atom stereocenters. The highest BCUT2D eigenvalue weighted by atomic mass is 79.9. The number of hydrogen-bond acceptors (Lipinski definition) is 1. The lowest BCUT2D eigenvalue weighted by Gasteiger charge is -2.13. The second-order valence-electron chi connectivity index (χ2n) is 5.35. The summed E-state index contributed by atoms with van der Waals surface area (Å²) in [6.07, 6.45) is 2.24. The first kappa shape index (κ1) is 15.6. The van der Waals surface area contributed by atoms with Gasteiger partial charge in [-0.15, -0.1) is 5.98 Å². The van der Waals surface area contributed by atoms with E-state index < -0.39 is 0 Å². The summed E-state index contributed by atoms with van der Waals surface area (Å²) in [4.78, 5) is 0.399. The van der Waals surface area contributed by atoms with Crippen molar-refractivity contribution < 1.29 is 0 Å². The van der Waals surface area contributed by atoms with Crippen molar-refractivity contribution in [3.63, 3.8) is 0 Å². The highest BCUT2D eigenvalue weighted by molar-refractivity contribution is 9.09. The van der Waals surface area contributed by atoms with E-state index in [4.69, 9.17) is 0 Å². The quantitative estimate of drug-likeness (QED) is 0.557. The van der Waals surface area contributed by atoms with Crippen LogP contribution in [0.3, 0.4) is 0 Å². The third kappa shape index (κ3) is 3.86. The van der Waals surface area contributed by atoms with Crippen LogP contribution in [-0.2, 0) is 0 Å². The SMILES string of the molecule is CC(Br)C=CB(c1ccccc1)c1sccc1C(C)C. The van der Waals surface area contributed by atoms with Crippen LogP contribution >= 0.6 is 27.3 Å². The topological polar surface area (TPSA) is 0 Å². The average molecular weight is 347 g/mol. The van der Waals surface area contributed by atoms with E-state index in [1.165, 1.54) is 15.8 Å². The number of thiophene rings is 1. The highest BCUT2D eigenvalue weighted by Gasteiger charge is 2.21. The molecule has 1 heterocycles. The minimum atomic E-state index is 0.355. The molecular weight excluding hydrogens is 327 g/mol. The van der Waals surface area contributed by atoms with Gasteiger partial charge in [0.15, 0.2) is 0 Å². The molecule has 104 valence electrons. The Kier molecular flexibility index (Phi) is 5.68. The van der Waals surface area contributed by atoms with E-state index in [1.807, 2.05) is 11.3 Å². The van der Waals surface area contributed by atoms with E-state index in [0.29, 0.717) is 17.5 Å². The maximum atomic E-state index is 3.60. The monoisotopic (exact) mass is 346 g/mol. The number of hydrogen-bond donors (Lipinski definition) is 0. The molecule has 0 saturated heterocycles. The van der Waals surface area contributed by atoms with Gasteiger partial charge in [-0.2, -0.15) is 11.3 Å². The molecule has 3 heteroatoms. The summed E-state index contributed by atoms with van der Waals surface area (Å²) in [5.74, 6) is 2.89. The maximum absolute atomic E-state index is 3.60. The molecule has 0 nitrogen and oxygen atoms in total. The number of benzene rings is 1. The Balaban J connectivity index is 2.44. The van der Waals surface area contributed by atoms with Gasteiger partial charge >= 0.3 is 0 Å². The molecule has 0 aliphatic carbocycles. The van der Waals surface area contributed by atoms with Crippen molar-refractivity contribution in [1.29, 1.82) is 0 Å². The van der Waals surface area contributed by atoms with Gasteiger partial charge in [-0.25, -0.2) is 0 Å². The molecule has 0 bridgehead atoms. The average Bonchev–Trinajstić information content (AvgIpc) is 2.89. The van der Waals surface area contributed by atoms with Crippen LogP contribution in [-0.4, -0.2) is 11.5 Å². The first-order valence-corrected chi connectivity index (χ1v) is 8.83. The molecule has 0 N–H and O–H groups in total. The first-order valence-electron chi connectivity index (χ1n) is 7.04. The van der Waals surface area contributed by atoms with Crippen molar-refractivity contribution in [3.8, 4) is 0 Å². The molecule has 2 aromatic rings. The van der Waals surface area contributed by atoms with Crippen LogP contribution in [0.5, 0.6) is 0 Å². The fourth-order valence-electron chi connectivity index (χ4n) is 2.34. The van der Waals surface area contributed by atoms with Crippen LogP contribution in [0.15, 0.2) is 53.8 Å². The molecule has 20 heavy (non-hydrogen) atoms. The summed E-state index contributed by atoms with van der Waals surface area (Å²) < 4.78 is 1.47. The molecule has 0 radical (unpaired) electrons. The zero-order valence-electron chi connectivity index (χ0n) is 12.2.